The third-order valence-corrected chi connectivity index (χ3v) is 4.19. The number of carbonyl (C=O) groups is 2. The molecule has 3 fully saturated rings. The number of rotatable bonds is 4. The quantitative estimate of drug-likeness (QED) is 0.550. The predicted molar refractivity (Wildman–Crippen MR) is 103 cm³/mol. The van der Waals surface area contributed by atoms with Gasteiger partial charge in [-0.3, -0.25) is 4.79 Å². The average molecular weight is 427 g/mol. The number of hydrogen-bond donors (Lipinski definition) is 1. The van der Waals surface area contributed by atoms with Crippen LogP contribution in [0.4, 0.5) is 4.79 Å². The van der Waals surface area contributed by atoms with Crippen LogP contribution in [-0.4, -0.2) is 30.3 Å². The van der Waals surface area contributed by atoms with Crippen LogP contribution in [0.2, 0.25) is 0 Å². The Labute approximate surface area is 181 Å². The van der Waals surface area contributed by atoms with Gasteiger partial charge in [-0.15, -0.1) is 0 Å². The molecular weight excluding hydrogens is 398 g/mol. The van der Waals surface area contributed by atoms with Crippen molar-refractivity contribution < 1.29 is 36.1 Å². The summed E-state index contributed by atoms with van der Waals surface area (Å²) in [5.41, 5.74) is -0.526. The molecule has 0 unspecified atom stereocenters. The normalized spacial score (nSPS) is 24.6. The Balaban J connectivity index is 0.000000567. The summed E-state index contributed by atoms with van der Waals surface area (Å²) < 4.78 is 10.3. The Bertz CT molecular complexity index is 480. The molecule has 6 heteroatoms. The SMILES string of the molecule is CCOC(=O)C[C@H]1C[C@@H](NC(=O)OC(C)(C)C)[C]2[CH][CH][CH][C]21.[CH]1[CH][CH][CH][CH]1.[Fe+2]. The topological polar surface area (TPSA) is 64.6 Å². The van der Waals surface area contributed by atoms with Crippen molar-refractivity contribution in [2.75, 3.05) is 6.61 Å². The fourth-order valence-corrected chi connectivity index (χ4v) is 3.20. The van der Waals surface area contributed by atoms with E-state index in [1.54, 1.807) is 6.92 Å². The molecule has 0 aromatic carbocycles. The van der Waals surface area contributed by atoms with Crippen molar-refractivity contribution in [2.24, 2.45) is 5.92 Å². The number of nitrogens with one attached hydrogen (secondary N) is 1. The molecule has 0 spiro atoms. The molecule has 3 rings (SSSR count). The minimum atomic E-state index is -0.526. The smallest absolute Gasteiger partial charge is 0.466 e. The van der Waals surface area contributed by atoms with Gasteiger partial charge in [0.15, 0.2) is 0 Å². The molecule has 2 atom stereocenters. The second-order valence-electron chi connectivity index (χ2n) is 7.54. The summed E-state index contributed by atoms with van der Waals surface area (Å²) >= 11 is 0. The predicted octanol–water partition coefficient (Wildman–Crippen LogP) is 3.65. The van der Waals surface area contributed by atoms with Gasteiger partial charge in [-0.25, -0.2) is 4.79 Å². The van der Waals surface area contributed by atoms with Gasteiger partial charge < -0.3 is 14.8 Å². The first-order valence-electron chi connectivity index (χ1n) is 9.37. The van der Waals surface area contributed by atoms with E-state index in [2.05, 4.69) is 5.32 Å². The van der Waals surface area contributed by atoms with Crippen molar-refractivity contribution in [3.05, 3.63) is 63.2 Å². The number of hydrogen-bond acceptors (Lipinski definition) is 4. The van der Waals surface area contributed by atoms with Gasteiger partial charge in [0.25, 0.3) is 0 Å². The summed E-state index contributed by atoms with van der Waals surface area (Å²) in [7, 11) is 0. The fourth-order valence-electron chi connectivity index (χ4n) is 3.20. The van der Waals surface area contributed by atoms with Gasteiger partial charge in [0.1, 0.15) is 5.60 Å². The molecule has 3 aliphatic rings. The molecule has 0 aliphatic heterocycles. The van der Waals surface area contributed by atoms with E-state index in [9.17, 15) is 9.59 Å². The molecular formula is C22H29FeNO4+2. The molecule has 1 amide bonds. The van der Waals surface area contributed by atoms with Gasteiger partial charge in [0.05, 0.1) is 6.61 Å². The maximum atomic E-state index is 12.0. The van der Waals surface area contributed by atoms with Crippen LogP contribution in [0.3, 0.4) is 0 Å². The molecule has 0 aromatic rings. The van der Waals surface area contributed by atoms with Crippen LogP contribution in [0, 0.1) is 69.1 Å². The van der Waals surface area contributed by atoms with Crippen molar-refractivity contribution in [1.82, 2.24) is 5.32 Å². The summed E-state index contributed by atoms with van der Waals surface area (Å²) in [6.45, 7) is 7.68. The van der Waals surface area contributed by atoms with E-state index in [1.807, 2.05) is 72.1 Å². The van der Waals surface area contributed by atoms with E-state index in [0.717, 1.165) is 11.8 Å². The molecule has 0 aromatic heterocycles. The number of fused-ring (bicyclic) bond motifs is 1. The molecule has 152 valence electrons. The number of carbonyl (C=O) groups excluding carboxylic acids is 2. The van der Waals surface area contributed by atoms with Gasteiger partial charge in [-0.2, -0.15) is 0 Å². The van der Waals surface area contributed by atoms with Crippen LogP contribution in [0.5, 0.6) is 0 Å². The molecule has 3 saturated carbocycles. The number of amides is 1. The van der Waals surface area contributed by atoms with E-state index >= 15 is 0 Å². The third-order valence-electron chi connectivity index (χ3n) is 4.19. The van der Waals surface area contributed by atoms with Crippen LogP contribution in [0.15, 0.2) is 0 Å². The molecule has 10 radical (unpaired) electrons. The van der Waals surface area contributed by atoms with Crippen LogP contribution in [-0.2, 0) is 31.3 Å². The van der Waals surface area contributed by atoms with Crippen molar-refractivity contribution in [1.29, 1.82) is 0 Å². The molecule has 0 saturated heterocycles. The molecule has 5 nitrogen and oxygen atoms in total. The number of ether oxygens (including phenoxy) is 2. The summed E-state index contributed by atoms with van der Waals surface area (Å²) in [6.07, 6.45) is 16.6. The number of esters is 1. The monoisotopic (exact) mass is 427 g/mol. The Hall–Kier alpha value is -0.741. The largest absolute Gasteiger partial charge is 2.00 e. The van der Waals surface area contributed by atoms with E-state index in [4.69, 9.17) is 9.47 Å². The molecule has 0 bridgehead atoms. The van der Waals surface area contributed by atoms with Gasteiger partial charge in [-0.05, 0) is 97.3 Å². The Morgan fingerprint density at radius 2 is 1.61 bits per heavy atom. The van der Waals surface area contributed by atoms with Crippen molar-refractivity contribution >= 4 is 12.1 Å². The fraction of sp³-hybridized carbons (Fsp3) is 0.455. The zero-order chi connectivity index (χ0) is 19.9. The van der Waals surface area contributed by atoms with Crippen molar-refractivity contribution in [3.8, 4) is 0 Å². The Morgan fingerprint density at radius 3 is 2.14 bits per heavy atom. The van der Waals surface area contributed by atoms with E-state index in [1.165, 1.54) is 0 Å². The first-order chi connectivity index (χ1) is 12.8. The summed E-state index contributed by atoms with van der Waals surface area (Å²) in [4.78, 5) is 23.7. The minimum absolute atomic E-state index is 0. The van der Waals surface area contributed by atoms with Crippen LogP contribution in [0.1, 0.15) is 40.5 Å². The van der Waals surface area contributed by atoms with Gasteiger partial charge in [0, 0.05) is 18.4 Å². The van der Waals surface area contributed by atoms with Crippen LogP contribution >= 0.6 is 0 Å². The van der Waals surface area contributed by atoms with Gasteiger partial charge >= 0.3 is 29.1 Å². The van der Waals surface area contributed by atoms with Crippen molar-refractivity contribution in [2.45, 2.75) is 52.2 Å². The zero-order valence-corrected chi connectivity index (χ0v) is 18.0. The van der Waals surface area contributed by atoms with Gasteiger partial charge in [0.2, 0.25) is 0 Å². The maximum absolute atomic E-state index is 12.0. The first kappa shape index (κ1) is 25.3. The molecule has 1 N–H and O–H groups in total. The molecule has 3 aliphatic carbocycles. The van der Waals surface area contributed by atoms with Crippen LogP contribution < -0.4 is 5.32 Å². The Kier molecular flexibility index (Phi) is 10.9. The molecule has 0 heterocycles. The minimum Gasteiger partial charge on any atom is -0.466 e. The van der Waals surface area contributed by atoms with Gasteiger partial charge in [-0.1, -0.05) is 0 Å². The summed E-state index contributed by atoms with van der Waals surface area (Å²) in [5, 5.41) is 2.90. The standard InChI is InChI=1S/C17H24NO4.C5H5.Fe/c1-5-21-15(19)10-11-9-14(13-8-6-7-12(11)13)18-16(20)22-17(2,3)4;1-2-4-5-3-1;/h6-8,11,14H,5,9-10H2,1-4H3,(H,18,20);1-5H;/q;;+2/t11-,14-;;/m1../s1. The van der Waals surface area contributed by atoms with E-state index in [0.29, 0.717) is 19.4 Å². The zero-order valence-electron chi connectivity index (χ0n) is 16.9. The first-order valence-corrected chi connectivity index (χ1v) is 9.37. The summed E-state index contributed by atoms with van der Waals surface area (Å²) in [6, 6.07) is -0.112. The summed E-state index contributed by atoms with van der Waals surface area (Å²) in [5.74, 6) is 2.08. The maximum Gasteiger partial charge on any atom is 2.00 e. The number of alkyl carbamates (subject to hydrolysis) is 1. The Morgan fingerprint density at radius 1 is 1.04 bits per heavy atom. The van der Waals surface area contributed by atoms with E-state index < -0.39 is 11.7 Å². The second kappa shape index (κ2) is 12.1. The average Bonchev–Trinajstić information content (AvgIpc) is 3.28. The third kappa shape index (κ3) is 8.32. The van der Waals surface area contributed by atoms with E-state index in [-0.39, 0.29) is 35.0 Å². The van der Waals surface area contributed by atoms with Crippen LogP contribution in [0.25, 0.3) is 0 Å². The molecule has 28 heavy (non-hydrogen) atoms. The second-order valence-corrected chi connectivity index (χ2v) is 7.54. The van der Waals surface area contributed by atoms with Crippen molar-refractivity contribution in [3.63, 3.8) is 0 Å².